The summed E-state index contributed by atoms with van der Waals surface area (Å²) < 4.78 is 6.00. The third kappa shape index (κ3) is 3.77. The average Bonchev–Trinajstić information content (AvgIpc) is 2.99. The SMILES string of the molecule is CC1(C)COC(c2cccc(Cl)c2)CN1C(=O)Cc1cccs1. The van der Waals surface area contributed by atoms with Crippen LogP contribution in [0, 0.1) is 0 Å². The van der Waals surface area contributed by atoms with Crippen molar-refractivity contribution < 1.29 is 9.53 Å². The zero-order valence-corrected chi connectivity index (χ0v) is 14.9. The second-order valence-electron chi connectivity index (χ2n) is 6.43. The van der Waals surface area contributed by atoms with Crippen molar-refractivity contribution in [3.05, 3.63) is 57.2 Å². The first-order valence-corrected chi connectivity index (χ1v) is 8.91. The van der Waals surface area contributed by atoms with Crippen molar-refractivity contribution in [3.63, 3.8) is 0 Å². The molecule has 23 heavy (non-hydrogen) atoms. The van der Waals surface area contributed by atoms with Crippen molar-refractivity contribution in [1.82, 2.24) is 4.90 Å². The second kappa shape index (κ2) is 6.63. The number of thiophene rings is 1. The summed E-state index contributed by atoms with van der Waals surface area (Å²) >= 11 is 7.70. The molecule has 1 saturated heterocycles. The number of amides is 1. The molecule has 3 rings (SSSR count). The van der Waals surface area contributed by atoms with Crippen LogP contribution in [0.25, 0.3) is 0 Å². The van der Waals surface area contributed by atoms with Gasteiger partial charge in [0.1, 0.15) is 6.10 Å². The summed E-state index contributed by atoms with van der Waals surface area (Å²) in [6.07, 6.45) is 0.317. The highest BCUT2D eigenvalue weighted by molar-refractivity contribution is 7.10. The number of carbonyl (C=O) groups is 1. The van der Waals surface area contributed by atoms with E-state index in [9.17, 15) is 4.79 Å². The van der Waals surface area contributed by atoms with E-state index in [2.05, 4.69) is 0 Å². The molecular weight excluding hydrogens is 330 g/mol. The Morgan fingerprint density at radius 2 is 2.22 bits per heavy atom. The number of rotatable bonds is 3. The lowest BCUT2D eigenvalue weighted by Gasteiger charge is -2.45. The van der Waals surface area contributed by atoms with E-state index in [1.54, 1.807) is 11.3 Å². The maximum atomic E-state index is 12.8. The smallest absolute Gasteiger partial charge is 0.228 e. The van der Waals surface area contributed by atoms with Gasteiger partial charge < -0.3 is 9.64 Å². The van der Waals surface area contributed by atoms with Crippen LogP contribution >= 0.6 is 22.9 Å². The molecule has 1 aromatic heterocycles. The Morgan fingerprint density at radius 3 is 2.91 bits per heavy atom. The van der Waals surface area contributed by atoms with Gasteiger partial charge >= 0.3 is 0 Å². The molecule has 1 fully saturated rings. The molecule has 0 N–H and O–H groups in total. The summed E-state index contributed by atoms with van der Waals surface area (Å²) in [7, 11) is 0. The predicted octanol–water partition coefficient (Wildman–Crippen LogP) is 4.32. The molecule has 1 unspecified atom stereocenters. The third-order valence-corrected chi connectivity index (χ3v) is 5.26. The highest BCUT2D eigenvalue weighted by Gasteiger charge is 2.38. The Bertz CT molecular complexity index is 684. The van der Waals surface area contributed by atoms with E-state index in [1.165, 1.54) is 0 Å². The van der Waals surface area contributed by atoms with E-state index in [0.717, 1.165) is 10.4 Å². The average molecular weight is 350 g/mol. The minimum atomic E-state index is -0.302. The van der Waals surface area contributed by atoms with Gasteiger partial charge in [-0.3, -0.25) is 4.79 Å². The van der Waals surface area contributed by atoms with Gasteiger partial charge in [0, 0.05) is 9.90 Å². The molecular formula is C18H20ClNO2S. The monoisotopic (exact) mass is 349 g/mol. The van der Waals surface area contributed by atoms with Crippen LogP contribution in [0.2, 0.25) is 5.02 Å². The van der Waals surface area contributed by atoms with Crippen LogP contribution in [0.5, 0.6) is 0 Å². The number of morpholine rings is 1. The van der Waals surface area contributed by atoms with Crippen LogP contribution < -0.4 is 0 Å². The molecule has 1 aromatic carbocycles. The van der Waals surface area contributed by atoms with E-state index in [0.29, 0.717) is 24.6 Å². The summed E-state index contributed by atoms with van der Waals surface area (Å²) in [5.41, 5.74) is 0.714. The number of hydrogen-bond donors (Lipinski definition) is 0. The largest absolute Gasteiger partial charge is 0.369 e. The highest BCUT2D eigenvalue weighted by atomic mass is 35.5. The first-order chi connectivity index (χ1) is 11.0. The van der Waals surface area contributed by atoms with Crippen molar-refractivity contribution >= 4 is 28.8 Å². The van der Waals surface area contributed by atoms with Gasteiger partial charge in [-0.25, -0.2) is 0 Å². The zero-order valence-electron chi connectivity index (χ0n) is 13.3. The maximum Gasteiger partial charge on any atom is 0.228 e. The lowest BCUT2D eigenvalue weighted by atomic mass is 9.97. The van der Waals surface area contributed by atoms with Gasteiger partial charge in [-0.2, -0.15) is 0 Å². The Balaban J connectivity index is 1.78. The topological polar surface area (TPSA) is 29.5 Å². The van der Waals surface area contributed by atoms with Crippen molar-refractivity contribution in [1.29, 1.82) is 0 Å². The number of carbonyl (C=O) groups excluding carboxylic acids is 1. The molecule has 0 saturated carbocycles. The Hall–Kier alpha value is -1.36. The Kier molecular flexibility index (Phi) is 4.76. The first kappa shape index (κ1) is 16.5. The fourth-order valence-electron chi connectivity index (χ4n) is 2.85. The summed E-state index contributed by atoms with van der Waals surface area (Å²) in [5, 5.41) is 2.69. The maximum absolute atomic E-state index is 12.8. The first-order valence-electron chi connectivity index (χ1n) is 7.66. The molecule has 0 aliphatic carbocycles. The number of halogens is 1. The predicted molar refractivity (Wildman–Crippen MR) is 94.0 cm³/mol. The van der Waals surface area contributed by atoms with E-state index in [4.69, 9.17) is 16.3 Å². The molecule has 1 atom stereocenters. The standard InChI is InChI=1S/C18H20ClNO2S/c1-18(2)12-22-16(13-5-3-6-14(19)9-13)11-20(18)17(21)10-15-7-4-8-23-15/h3-9,16H,10-12H2,1-2H3. The fraction of sp³-hybridized carbons (Fsp3) is 0.389. The van der Waals surface area contributed by atoms with Crippen LogP contribution in [0.15, 0.2) is 41.8 Å². The van der Waals surface area contributed by atoms with Crippen LogP contribution in [-0.2, 0) is 16.0 Å². The fourth-order valence-corrected chi connectivity index (χ4v) is 3.75. The molecule has 1 aliphatic heterocycles. The quantitative estimate of drug-likeness (QED) is 0.825. The van der Waals surface area contributed by atoms with Gasteiger partial charge in [0.2, 0.25) is 5.91 Å². The van der Waals surface area contributed by atoms with Gasteiger partial charge in [-0.05, 0) is 43.0 Å². The third-order valence-electron chi connectivity index (χ3n) is 4.14. The van der Waals surface area contributed by atoms with E-state index in [1.807, 2.05) is 60.5 Å². The minimum absolute atomic E-state index is 0.131. The molecule has 2 aromatic rings. The lowest BCUT2D eigenvalue weighted by molar-refractivity contribution is -0.154. The molecule has 5 heteroatoms. The van der Waals surface area contributed by atoms with E-state index < -0.39 is 0 Å². The number of hydrogen-bond acceptors (Lipinski definition) is 3. The molecule has 0 radical (unpaired) electrons. The molecule has 0 bridgehead atoms. The van der Waals surface area contributed by atoms with Crippen LogP contribution in [0.1, 0.15) is 30.4 Å². The lowest BCUT2D eigenvalue weighted by Crippen LogP contribution is -2.56. The molecule has 1 aliphatic rings. The summed E-state index contributed by atoms with van der Waals surface area (Å²) in [4.78, 5) is 15.8. The minimum Gasteiger partial charge on any atom is -0.369 e. The molecule has 0 spiro atoms. The van der Waals surface area contributed by atoms with Crippen molar-refractivity contribution in [2.45, 2.75) is 31.9 Å². The number of benzene rings is 1. The number of nitrogens with zero attached hydrogens (tertiary/aromatic N) is 1. The molecule has 122 valence electrons. The normalized spacial score (nSPS) is 20.5. The highest BCUT2D eigenvalue weighted by Crippen LogP contribution is 2.32. The second-order valence-corrected chi connectivity index (χ2v) is 7.90. The van der Waals surface area contributed by atoms with Crippen molar-refractivity contribution in [2.24, 2.45) is 0 Å². The summed E-state index contributed by atoms with van der Waals surface area (Å²) in [6.45, 7) is 5.17. The van der Waals surface area contributed by atoms with Gasteiger partial charge in [-0.1, -0.05) is 29.8 Å². The molecule has 2 heterocycles. The Labute approximate surface area is 145 Å². The molecule has 3 nitrogen and oxygen atoms in total. The molecule has 1 amide bonds. The number of ether oxygens (including phenoxy) is 1. The van der Waals surface area contributed by atoms with E-state index in [-0.39, 0.29) is 17.6 Å². The van der Waals surface area contributed by atoms with Crippen LogP contribution in [-0.4, -0.2) is 29.5 Å². The van der Waals surface area contributed by atoms with Gasteiger partial charge in [-0.15, -0.1) is 11.3 Å². The zero-order chi connectivity index (χ0) is 16.4. The van der Waals surface area contributed by atoms with Crippen molar-refractivity contribution in [2.75, 3.05) is 13.2 Å². The van der Waals surface area contributed by atoms with Crippen LogP contribution in [0.3, 0.4) is 0 Å². The Morgan fingerprint density at radius 1 is 1.39 bits per heavy atom. The van der Waals surface area contributed by atoms with Crippen molar-refractivity contribution in [3.8, 4) is 0 Å². The van der Waals surface area contributed by atoms with Gasteiger partial charge in [0.15, 0.2) is 0 Å². The summed E-state index contributed by atoms with van der Waals surface area (Å²) in [6, 6.07) is 11.6. The van der Waals surface area contributed by atoms with Crippen LogP contribution in [0.4, 0.5) is 0 Å². The van der Waals surface area contributed by atoms with E-state index >= 15 is 0 Å². The van der Waals surface area contributed by atoms with Gasteiger partial charge in [0.25, 0.3) is 0 Å². The summed E-state index contributed by atoms with van der Waals surface area (Å²) in [5.74, 6) is 0.146. The van der Waals surface area contributed by atoms with Gasteiger partial charge in [0.05, 0.1) is 25.1 Å².